The first-order valence-corrected chi connectivity index (χ1v) is 6.99. The van der Waals surface area contributed by atoms with Crippen LogP contribution >= 0.6 is 11.3 Å². The fourth-order valence-corrected chi connectivity index (χ4v) is 2.37. The van der Waals surface area contributed by atoms with Crippen molar-refractivity contribution in [3.05, 3.63) is 22.3 Å². The highest BCUT2D eigenvalue weighted by Gasteiger charge is 2.13. The molecule has 0 saturated carbocycles. The van der Waals surface area contributed by atoms with E-state index in [1.54, 1.807) is 11.3 Å². The van der Waals surface area contributed by atoms with Gasteiger partial charge in [-0.15, -0.1) is 11.3 Å². The van der Waals surface area contributed by atoms with E-state index in [1.807, 2.05) is 17.1 Å². The topological polar surface area (TPSA) is 68.8 Å². The van der Waals surface area contributed by atoms with Gasteiger partial charge in [-0.1, -0.05) is 0 Å². The lowest BCUT2D eigenvalue weighted by Gasteiger charge is -2.12. The Morgan fingerprint density at radius 2 is 2.28 bits per heavy atom. The summed E-state index contributed by atoms with van der Waals surface area (Å²) in [5, 5.41) is 9.87. The van der Waals surface area contributed by atoms with Crippen molar-refractivity contribution in [2.24, 2.45) is 0 Å². The van der Waals surface area contributed by atoms with Gasteiger partial charge in [0, 0.05) is 24.4 Å². The van der Waals surface area contributed by atoms with Crippen molar-refractivity contribution in [1.82, 2.24) is 14.8 Å². The van der Waals surface area contributed by atoms with Crippen LogP contribution in [0.4, 0.5) is 11.5 Å². The zero-order chi connectivity index (χ0) is 13.1. The monoisotopic (exact) mass is 265 g/mol. The van der Waals surface area contributed by atoms with E-state index in [0.29, 0.717) is 6.04 Å². The molecule has 0 aliphatic carbocycles. The molecule has 2 aromatic rings. The maximum absolute atomic E-state index is 6.04. The zero-order valence-electron chi connectivity index (χ0n) is 11.0. The molecule has 0 atom stereocenters. The third-order valence-electron chi connectivity index (χ3n) is 2.78. The second kappa shape index (κ2) is 5.39. The standard InChI is InChI=1S/C12H19N5S/c1-8(2)17-12(11(13)9(3)16-17)14-5-4-10-6-18-7-15-10/h6-8,14H,4-5,13H2,1-3H3. The number of nitrogens with zero attached hydrogens (tertiary/aromatic N) is 3. The molecule has 2 rings (SSSR count). The Balaban J connectivity index is 2.04. The number of thiazole rings is 1. The van der Waals surface area contributed by atoms with Crippen molar-refractivity contribution in [3.8, 4) is 0 Å². The lowest BCUT2D eigenvalue weighted by atomic mass is 10.3. The van der Waals surface area contributed by atoms with Crippen molar-refractivity contribution in [3.63, 3.8) is 0 Å². The Kier molecular flexibility index (Phi) is 3.86. The van der Waals surface area contributed by atoms with Gasteiger partial charge in [0.1, 0.15) is 5.82 Å². The molecule has 5 nitrogen and oxygen atoms in total. The summed E-state index contributed by atoms with van der Waals surface area (Å²) in [6, 6.07) is 0.294. The summed E-state index contributed by atoms with van der Waals surface area (Å²) in [5.41, 5.74) is 10.6. The molecule has 0 radical (unpaired) electrons. The van der Waals surface area contributed by atoms with Crippen LogP contribution < -0.4 is 11.1 Å². The molecule has 2 heterocycles. The number of nitrogens with one attached hydrogen (secondary N) is 1. The minimum Gasteiger partial charge on any atom is -0.394 e. The van der Waals surface area contributed by atoms with Gasteiger partial charge in [-0.25, -0.2) is 9.67 Å². The van der Waals surface area contributed by atoms with Gasteiger partial charge < -0.3 is 11.1 Å². The maximum Gasteiger partial charge on any atom is 0.148 e. The van der Waals surface area contributed by atoms with Gasteiger partial charge >= 0.3 is 0 Å². The summed E-state index contributed by atoms with van der Waals surface area (Å²) in [7, 11) is 0. The highest BCUT2D eigenvalue weighted by molar-refractivity contribution is 7.07. The predicted octanol–water partition coefficient (Wildman–Crippen LogP) is 2.47. The van der Waals surface area contributed by atoms with Gasteiger partial charge in [-0.3, -0.25) is 0 Å². The number of hydrogen-bond donors (Lipinski definition) is 2. The van der Waals surface area contributed by atoms with Crippen LogP contribution in [0.1, 0.15) is 31.3 Å². The van der Waals surface area contributed by atoms with E-state index < -0.39 is 0 Å². The lowest BCUT2D eigenvalue weighted by Crippen LogP contribution is -2.13. The number of rotatable bonds is 5. The van der Waals surface area contributed by atoms with Crippen LogP contribution in [0, 0.1) is 6.92 Å². The SMILES string of the molecule is Cc1nn(C(C)C)c(NCCc2cscn2)c1N. The number of nitrogen functional groups attached to an aromatic ring is 1. The molecule has 6 heteroatoms. The Labute approximate surface area is 111 Å². The summed E-state index contributed by atoms with van der Waals surface area (Å²) in [6.07, 6.45) is 0.894. The molecule has 0 fully saturated rings. The van der Waals surface area contributed by atoms with Gasteiger partial charge in [0.15, 0.2) is 0 Å². The minimum absolute atomic E-state index is 0.294. The zero-order valence-corrected chi connectivity index (χ0v) is 11.8. The van der Waals surface area contributed by atoms with Crippen molar-refractivity contribution < 1.29 is 0 Å². The fraction of sp³-hybridized carbons (Fsp3) is 0.500. The Morgan fingerprint density at radius 3 is 2.89 bits per heavy atom. The summed E-state index contributed by atoms with van der Waals surface area (Å²) in [5.74, 6) is 0.915. The molecule has 0 bridgehead atoms. The van der Waals surface area contributed by atoms with E-state index in [4.69, 9.17) is 5.73 Å². The normalized spacial score (nSPS) is 11.1. The van der Waals surface area contributed by atoms with Crippen LogP contribution in [-0.2, 0) is 6.42 Å². The first kappa shape index (κ1) is 12.9. The second-order valence-electron chi connectivity index (χ2n) is 4.54. The number of aromatic nitrogens is 3. The van der Waals surface area contributed by atoms with Crippen LogP contribution in [0.15, 0.2) is 10.9 Å². The van der Waals surface area contributed by atoms with Gasteiger partial charge in [-0.05, 0) is 20.8 Å². The van der Waals surface area contributed by atoms with Gasteiger partial charge in [0.2, 0.25) is 0 Å². The highest BCUT2D eigenvalue weighted by Crippen LogP contribution is 2.25. The first-order chi connectivity index (χ1) is 8.59. The average Bonchev–Trinajstić information content (AvgIpc) is 2.92. The summed E-state index contributed by atoms with van der Waals surface area (Å²) in [6.45, 7) is 6.93. The molecule has 0 amide bonds. The molecule has 0 saturated heterocycles. The Hall–Kier alpha value is -1.56. The molecule has 3 N–H and O–H groups in total. The third kappa shape index (κ3) is 2.64. The Morgan fingerprint density at radius 1 is 1.50 bits per heavy atom. The van der Waals surface area contributed by atoms with Gasteiger partial charge in [0.05, 0.1) is 22.6 Å². The van der Waals surface area contributed by atoms with E-state index >= 15 is 0 Å². The van der Waals surface area contributed by atoms with Crippen LogP contribution in [0.2, 0.25) is 0 Å². The molecular weight excluding hydrogens is 246 g/mol. The molecule has 18 heavy (non-hydrogen) atoms. The van der Waals surface area contributed by atoms with Crippen LogP contribution in [0.25, 0.3) is 0 Å². The highest BCUT2D eigenvalue weighted by atomic mass is 32.1. The lowest BCUT2D eigenvalue weighted by molar-refractivity contribution is 0.534. The van der Waals surface area contributed by atoms with E-state index in [9.17, 15) is 0 Å². The molecule has 0 aromatic carbocycles. The van der Waals surface area contributed by atoms with Crippen molar-refractivity contribution >= 4 is 22.8 Å². The smallest absolute Gasteiger partial charge is 0.148 e. The summed E-state index contributed by atoms with van der Waals surface area (Å²) >= 11 is 1.62. The summed E-state index contributed by atoms with van der Waals surface area (Å²) in [4.78, 5) is 4.26. The minimum atomic E-state index is 0.294. The molecular formula is C12H19N5S. The number of anilines is 2. The van der Waals surface area contributed by atoms with Crippen LogP contribution in [-0.4, -0.2) is 21.3 Å². The molecule has 0 spiro atoms. The molecule has 0 aliphatic rings. The van der Waals surface area contributed by atoms with E-state index in [0.717, 1.165) is 35.9 Å². The van der Waals surface area contributed by atoms with Crippen molar-refractivity contribution in [1.29, 1.82) is 0 Å². The Bertz CT molecular complexity index is 501. The first-order valence-electron chi connectivity index (χ1n) is 6.05. The van der Waals surface area contributed by atoms with Crippen molar-refractivity contribution in [2.75, 3.05) is 17.6 Å². The largest absolute Gasteiger partial charge is 0.394 e. The second-order valence-corrected chi connectivity index (χ2v) is 5.26. The predicted molar refractivity (Wildman–Crippen MR) is 76.1 cm³/mol. The quantitative estimate of drug-likeness (QED) is 0.871. The number of nitrogens with two attached hydrogens (primary N) is 1. The van der Waals surface area contributed by atoms with Gasteiger partial charge in [0.25, 0.3) is 0 Å². The third-order valence-corrected chi connectivity index (χ3v) is 3.41. The maximum atomic E-state index is 6.04. The summed E-state index contributed by atoms with van der Waals surface area (Å²) < 4.78 is 1.94. The van der Waals surface area contributed by atoms with Gasteiger partial charge in [-0.2, -0.15) is 5.10 Å². The molecule has 0 aliphatic heterocycles. The molecule has 2 aromatic heterocycles. The number of hydrogen-bond acceptors (Lipinski definition) is 5. The van der Waals surface area contributed by atoms with Crippen LogP contribution in [0.3, 0.4) is 0 Å². The van der Waals surface area contributed by atoms with Crippen LogP contribution in [0.5, 0.6) is 0 Å². The van der Waals surface area contributed by atoms with E-state index in [2.05, 4.69) is 34.6 Å². The average molecular weight is 265 g/mol. The van der Waals surface area contributed by atoms with E-state index in [1.165, 1.54) is 0 Å². The van der Waals surface area contributed by atoms with Crippen molar-refractivity contribution in [2.45, 2.75) is 33.2 Å². The number of aryl methyl sites for hydroxylation is 1. The van der Waals surface area contributed by atoms with E-state index in [-0.39, 0.29) is 0 Å². The molecule has 0 unspecified atom stereocenters. The fourth-order valence-electron chi connectivity index (χ4n) is 1.78. The molecule has 98 valence electrons.